The third kappa shape index (κ3) is 12.0. The number of carbonyl (C=O) groups excluding carboxylic acids is 4. The number of nitrogens with one attached hydrogen (secondary N) is 1. The number of hydrogen-bond acceptors (Lipinski definition) is 6. The average molecular weight is 1020 g/mol. The number of aromatic nitrogens is 4. The van der Waals surface area contributed by atoms with E-state index in [0.29, 0.717) is 56.9 Å². The van der Waals surface area contributed by atoms with Crippen LogP contribution in [0, 0.1) is 38.5 Å². The predicted molar refractivity (Wildman–Crippen MR) is 296 cm³/mol. The van der Waals surface area contributed by atoms with Crippen LogP contribution in [0.4, 0.5) is 11.4 Å². The molecule has 0 saturated carbocycles. The second-order valence-electron chi connectivity index (χ2n) is 16.9. The minimum absolute atomic E-state index is 0.0290. The van der Waals surface area contributed by atoms with Crippen LogP contribution in [0.25, 0.3) is 43.6 Å². The second-order valence-corrected chi connectivity index (χ2v) is 18.0. The highest BCUT2D eigenvalue weighted by atomic mass is 35.5. The van der Waals surface area contributed by atoms with Gasteiger partial charge in [0.25, 0.3) is 23.4 Å². The number of amides is 2. The molecule has 4 heterocycles. The summed E-state index contributed by atoms with van der Waals surface area (Å²) in [6, 6.07) is 48.8. The number of Topliss-reactive ketones (excluding diaryl/α,β-unsaturated/α-hetero) is 2. The molecule has 0 aliphatic carbocycles. The van der Waals surface area contributed by atoms with E-state index in [0.717, 1.165) is 60.7 Å². The van der Waals surface area contributed by atoms with Crippen LogP contribution in [0.1, 0.15) is 43.2 Å². The average Bonchev–Trinajstić information content (AvgIpc) is 3.96. The van der Waals surface area contributed by atoms with Crippen molar-refractivity contribution >= 4 is 113 Å². The quantitative estimate of drug-likeness (QED) is 0.0596. The number of pyridine rings is 2. The second kappa shape index (κ2) is 23.1. The largest absolute Gasteiger partial charge is 0.342 e. The summed E-state index contributed by atoms with van der Waals surface area (Å²) in [6.07, 6.45) is 13.7. The summed E-state index contributed by atoms with van der Waals surface area (Å²) in [5.41, 5.74) is 9.10. The standard InChI is InChI=1S/C30H22ClN3O2.C27H20ClN3O2.C3H3Cl/c1-3-16-34(24-14-15-27-22(17-24)11-8-20(2)32-27)30(36)29(35)26-19-33(28-7-5-4-6-25(26)28)18-21-9-12-23(31)13-10-21;1-17-6-9-19-14-21(12-13-24(19)29-17)30-27(33)26(32)23-16-31(25-5-3-2-4-22(23)25)15-18-7-10-20(28)11-8-18;1-2-3-4/h1,4-15,17,19H,16,18H2,2H3;2-14,16H,15H2,1H3,(H,30,33);1H,3H2. The third-order valence-corrected chi connectivity index (χ3v) is 12.4. The van der Waals surface area contributed by atoms with Crippen molar-refractivity contribution in [2.75, 3.05) is 22.6 Å². The number of aryl methyl sites for hydroxylation is 2. The summed E-state index contributed by atoms with van der Waals surface area (Å²) in [7, 11) is 0. The molecule has 360 valence electrons. The monoisotopic (exact) mass is 1020 g/mol. The van der Waals surface area contributed by atoms with Crippen molar-refractivity contribution in [2.45, 2.75) is 26.9 Å². The van der Waals surface area contributed by atoms with Crippen LogP contribution < -0.4 is 10.2 Å². The molecular formula is C60H45Cl3N6O4. The zero-order valence-electron chi connectivity index (χ0n) is 39.7. The van der Waals surface area contributed by atoms with Crippen molar-refractivity contribution in [3.63, 3.8) is 0 Å². The summed E-state index contributed by atoms with van der Waals surface area (Å²) in [6.45, 7) is 4.91. The van der Waals surface area contributed by atoms with Gasteiger partial charge in [-0.15, -0.1) is 24.4 Å². The van der Waals surface area contributed by atoms with Crippen molar-refractivity contribution in [1.29, 1.82) is 0 Å². The van der Waals surface area contributed by atoms with Gasteiger partial charge in [-0.05, 0) is 110 Å². The highest BCUT2D eigenvalue weighted by Crippen LogP contribution is 2.28. The number of hydrogen-bond donors (Lipinski definition) is 1. The molecule has 0 aliphatic rings. The fourth-order valence-corrected chi connectivity index (χ4v) is 8.55. The van der Waals surface area contributed by atoms with Gasteiger partial charge in [-0.1, -0.05) is 108 Å². The minimum atomic E-state index is -0.679. The van der Waals surface area contributed by atoms with Crippen molar-refractivity contribution in [1.82, 2.24) is 19.1 Å². The molecule has 0 unspecified atom stereocenters. The Hall–Kier alpha value is -8.51. The number of fused-ring (bicyclic) bond motifs is 4. The maximum atomic E-state index is 13.6. The Morgan fingerprint density at radius 1 is 0.589 bits per heavy atom. The van der Waals surface area contributed by atoms with Gasteiger partial charge in [0, 0.05) is 90.9 Å². The molecule has 4 aromatic heterocycles. The molecule has 0 aliphatic heterocycles. The van der Waals surface area contributed by atoms with Crippen LogP contribution in [0.3, 0.4) is 0 Å². The Balaban J connectivity index is 0.000000182. The van der Waals surface area contributed by atoms with E-state index in [9.17, 15) is 19.2 Å². The van der Waals surface area contributed by atoms with Gasteiger partial charge in [0.2, 0.25) is 0 Å². The first kappa shape index (κ1) is 50.9. The number of rotatable bonds is 11. The molecule has 2 amide bonds. The van der Waals surface area contributed by atoms with Gasteiger partial charge in [-0.2, -0.15) is 0 Å². The normalized spacial score (nSPS) is 10.7. The Labute approximate surface area is 437 Å². The maximum Gasteiger partial charge on any atom is 0.300 e. The van der Waals surface area contributed by atoms with Crippen molar-refractivity contribution in [3.05, 3.63) is 214 Å². The number of ketones is 2. The smallest absolute Gasteiger partial charge is 0.300 e. The Morgan fingerprint density at radius 3 is 1.58 bits per heavy atom. The Bertz CT molecular complexity index is 3790. The lowest BCUT2D eigenvalue weighted by Gasteiger charge is -2.20. The molecule has 73 heavy (non-hydrogen) atoms. The molecule has 13 heteroatoms. The van der Waals surface area contributed by atoms with Crippen LogP contribution in [-0.4, -0.2) is 54.9 Å². The summed E-state index contributed by atoms with van der Waals surface area (Å²) >= 11 is 17.0. The molecule has 0 spiro atoms. The topological polar surface area (TPSA) is 119 Å². The van der Waals surface area contributed by atoms with Gasteiger partial charge in [0.05, 0.1) is 34.6 Å². The lowest BCUT2D eigenvalue weighted by Crippen LogP contribution is -2.37. The highest BCUT2D eigenvalue weighted by Gasteiger charge is 2.28. The third-order valence-electron chi connectivity index (χ3n) is 11.8. The molecule has 10 aromatic rings. The summed E-state index contributed by atoms with van der Waals surface area (Å²) in [5, 5.41) is 7.27. The summed E-state index contributed by atoms with van der Waals surface area (Å²) in [4.78, 5) is 63.4. The molecule has 1 N–H and O–H groups in total. The van der Waals surface area contributed by atoms with Crippen LogP contribution in [0.2, 0.25) is 10.0 Å². The fraction of sp³-hybridized carbons (Fsp3) is 0.100. The number of halogens is 3. The van der Waals surface area contributed by atoms with E-state index in [-0.39, 0.29) is 6.54 Å². The number of anilines is 2. The predicted octanol–water partition coefficient (Wildman–Crippen LogP) is 12.9. The number of alkyl halides is 1. The maximum absolute atomic E-state index is 13.6. The van der Waals surface area contributed by atoms with E-state index in [4.69, 9.17) is 41.2 Å². The molecule has 10 rings (SSSR count). The van der Waals surface area contributed by atoms with E-state index in [1.54, 1.807) is 24.5 Å². The number of para-hydroxylation sites is 2. The molecule has 0 bridgehead atoms. The molecule has 10 nitrogen and oxygen atoms in total. The fourth-order valence-electron chi connectivity index (χ4n) is 8.30. The van der Waals surface area contributed by atoms with E-state index < -0.39 is 23.4 Å². The Morgan fingerprint density at radius 2 is 1.07 bits per heavy atom. The summed E-state index contributed by atoms with van der Waals surface area (Å²) in [5.74, 6) is 2.48. The van der Waals surface area contributed by atoms with Crippen molar-refractivity contribution in [2.24, 2.45) is 0 Å². The van der Waals surface area contributed by atoms with Gasteiger partial charge < -0.3 is 14.5 Å². The first-order valence-corrected chi connectivity index (χ1v) is 24.2. The summed E-state index contributed by atoms with van der Waals surface area (Å²) < 4.78 is 3.94. The number of nitrogens with zero attached hydrogens (tertiary/aromatic N) is 5. The van der Waals surface area contributed by atoms with Gasteiger partial charge >= 0.3 is 0 Å². The lowest BCUT2D eigenvalue weighted by molar-refractivity contribution is -0.114. The van der Waals surface area contributed by atoms with Gasteiger partial charge in [-0.3, -0.25) is 34.0 Å². The van der Waals surface area contributed by atoms with E-state index >= 15 is 0 Å². The molecule has 0 fully saturated rings. The minimum Gasteiger partial charge on any atom is -0.342 e. The zero-order chi connectivity index (χ0) is 51.6. The van der Waals surface area contributed by atoms with Crippen LogP contribution in [0.15, 0.2) is 170 Å². The van der Waals surface area contributed by atoms with E-state index in [1.807, 2.05) is 169 Å². The molecule has 0 saturated heterocycles. The zero-order valence-corrected chi connectivity index (χ0v) is 41.9. The number of terminal acetylenes is 2. The first-order valence-electron chi connectivity index (χ1n) is 22.9. The van der Waals surface area contributed by atoms with Crippen molar-refractivity contribution in [3.8, 4) is 24.7 Å². The number of carbonyl (C=O) groups is 4. The lowest BCUT2D eigenvalue weighted by atomic mass is 10.1. The van der Waals surface area contributed by atoms with Gasteiger partial charge in [0.15, 0.2) is 0 Å². The SMILES string of the molecule is C#CCCl.C#CCN(C(=O)C(=O)c1cn(Cc2ccc(Cl)cc2)c2ccccc12)c1ccc2nc(C)ccc2c1.Cc1ccc2cc(NC(=O)C(=O)c3cn(Cc4ccc(Cl)cc4)c4ccccc34)ccc2n1. The van der Waals surface area contributed by atoms with E-state index in [1.165, 1.54) is 4.90 Å². The van der Waals surface area contributed by atoms with Crippen LogP contribution >= 0.6 is 34.8 Å². The molecular weight excluding hydrogens is 975 g/mol. The van der Waals surface area contributed by atoms with Gasteiger partial charge in [-0.25, -0.2) is 0 Å². The number of benzene rings is 6. The van der Waals surface area contributed by atoms with E-state index in [2.05, 4.69) is 33.5 Å². The van der Waals surface area contributed by atoms with Gasteiger partial charge in [0.1, 0.15) is 0 Å². The van der Waals surface area contributed by atoms with Crippen LogP contribution in [0.5, 0.6) is 0 Å². The molecule has 0 radical (unpaired) electrons. The Kier molecular flexibility index (Phi) is 16.1. The molecule has 6 aromatic carbocycles. The highest BCUT2D eigenvalue weighted by molar-refractivity contribution is 6.49. The van der Waals surface area contributed by atoms with Crippen molar-refractivity contribution < 1.29 is 19.2 Å². The first-order chi connectivity index (χ1) is 35.3. The molecule has 0 atom stereocenters. The van der Waals surface area contributed by atoms with Crippen LogP contribution in [-0.2, 0) is 22.7 Å².